The van der Waals surface area contributed by atoms with Crippen molar-refractivity contribution in [2.45, 2.75) is 51.0 Å². The van der Waals surface area contributed by atoms with Gasteiger partial charge in [0.05, 0.1) is 12.0 Å². The van der Waals surface area contributed by atoms with Gasteiger partial charge in [0.2, 0.25) is 0 Å². The van der Waals surface area contributed by atoms with Crippen molar-refractivity contribution >= 4 is 11.9 Å². The molecule has 2 rings (SSSR count). The third-order valence-electron chi connectivity index (χ3n) is 4.10. The van der Waals surface area contributed by atoms with Crippen LogP contribution in [0.25, 0.3) is 0 Å². The van der Waals surface area contributed by atoms with E-state index >= 15 is 0 Å². The summed E-state index contributed by atoms with van der Waals surface area (Å²) in [5.41, 5.74) is 0.0894. The highest BCUT2D eigenvalue weighted by Gasteiger charge is 2.36. The molecule has 0 bridgehead atoms. The van der Waals surface area contributed by atoms with Crippen LogP contribution in [0.15, 0.2) is 18.2 Å². The van der Waals surface area contributed by atoms with E-state index in [0.717, 1.165) is 19.3 Å². The summed E-state index contributed by atoms with van der Waals surface area (Å²) in [4.78, 5) is 23.4. The van der Waals surface area contributed by atoms with Crippen molar-refractivity contribution in [3.63, 3.8) is 0 Å². The van der Waals surface area contributed by atoms with Crippen LogP contribution in [0.1, 0.15) is 54.4 Å². The maximum absolute atomic E-state index is 13.3. The molecule has 0 aromatic heterocycles. The number of aliphatic carboxylic acids is 1. The molecule has 0 spiro atoms. The zero-order valence-electron chi connectivity index (χ0n) is 12.1. The first kappa shape index (κ1) is 15.5. The van der Waals surface area contributed by atoms with Crippen LogP contribution in [-0.4, -0.2) is 22.5 Å². The van der Waals surface area contributed by atoms with Crippen molar-refractivity contribution in [3.8, 4) is 0 Å². The molecule has 1 fully saturated rings. The van der Waals surface area contributed by atoms with E-state index in [4.69, 9.17) is 5.11 Å². The Labute approximate surface area is 123 Å². The average Bonchev–Trinajstić information content (AvgIpc) is 2.41. The van der Waals surface area contributed by atoms with Crippen molar-refractivity contribution in [2.75, 3.05) is 0 Å². The summed E-state index contributed by atoms with van der Waals surface area (Å²) < 4.78 is 13.3. The van der Waals surface area contributed by atoms with Crippen LogP contribution < -0.4 is 5.32 Å². The van der Waals surface area contributed by atoms with Gasteiger partial charge in [-0.3, -0.25) is 9.59 Å². The fourth-order valence-electron chi connectivity index (χ4n) is 2.96. The number of carboxylic acids is 1. The lowest BCUT2D eigenvalue weighted by Gasteiger charge is -2.37. The monoisotopic (exact) mass is 293 g/mol. The number of carboxylic acid groups (broad SMARTS) is 1. The fourth-order valence-corrected chi connectivity index (χ4v) is 2.96. The van der Waals surface area contributed by atoms with E-state index in [0.29, 0.717) is 24.0 Å². The second kappa shape index (κ2) is 6.24. The lowest BCUT2D eigenvalue weighted by Crippen LogP contribution is -2.51. The number of amides is 1. The summed E-state index contributed by atoms with van der Waals surface area (Å²) in [7, 11) is 0. The average molecular weight is 293 g/mol. The van der Waals surface area contributed by atoms with Crippen LogP contribution in [0.4, 0.5) is 4.39 Å². The molecule has 21 heavy (non-hydrogen) atoms. The van der Waals surface area contributed by atoms with Crippen molar-refractivity contribution in [3.05, 3.63) is 35.1 Å². The number of carbonyl (C=O) groups is 2. The minimum atomic E-state index is -0.910. The number of nitrogens with one attached hydrogen (secondary N) is 1. The van der Waals surface area contributed by atoms with E-state index in [9.17, 15) is 14.0 Å². The van der Waals surface area contributed by atoms with E-state index in [-0.39, 0.29) is 18.1 Å². The zero-order valence-corrected chi connectivity index (χ0v) is 12.1. The number of rotatable bonds is 4. The van der Waals surface area contributed by atoms with Gasteiger partial charge in [-0.15, -0.1) is 0 Å². The second-order valence-electron chi connectivity index (χ2n) is 5.83. The van der Waals surface area contributed by atoms with Crippen LogP contribution >= 0.6 is 0 Å². The minimum absolute atomic E-state index is 0.0705. The molecule has 1 aromatic rings. The molecule has 114 valence electrons. The van der Waals surface area contributed by atoms with Gasteiger partial charge in [0.1, 0.15) is 5.82 Å². The van der Waals surface area contributed by atoms with E-state index < -0.39 is 11.5 Å². The topological polar surface area (TPSA) is 66.4 Å². The Hall–Kier alpha value is -1.91. The van der Waals surface area contributed by atoms with E-state index in [1.165, 1.54) is 18.2 Å². The fraction of sp³-hybridized carbons (Fsp3) is 0.500. The van der Waals surface area contributed by atoms with Crippen molar-refractivity contribution < 1.29 is 19.1 Å². The third-order valence-corrected chi connectivity index (χ3v) is 4.10. The number of carbonyl (C=O) groups excluding carboxylic acids is 1. The van der Waals surface area contributed by atoms with Gasteiger partial charge in [0.25, 0.3) is 5.91 Å². The first-order valence-electron chi connectivity index (χ1n) is 7.22. The number of hydrogen-bond acceptors (Lipinski definition) is 2. The van der Waals surface area contributed by atoms with Gasteiger partial charge < -0.3 is 10.4 Å². The largest absolute Gasteiger partial charge is 0.481 e. The molecule has 1 aliphatic carbocycles. The summed E-state index contributed by atoms with van der Waals surface area (Å²) in [5, 5.41) is 12.0. The Bertz CT molecular complexity index is 550. The van der Waals surface area contributed by atoms with Crippen molar-refractivity contribution in [2.24, 2.45) is 0 Å². The van der Waals surface area contributed by atoms with Gasteiger partial charge in [-0.1, -0.05) is 19.3 Å². The van der Waals surface area contributed by atoms with Gasteiger partial charge in [-0.2, -0.15) is 0 Å². The maximum atomic E-state index is 13.3. The molecular formula is C16H20FNO3. The molecule has 1 aliphatic rings. The molecule has 0 radical (unpaired) electrons. The molecule has 1 amide bonds. The highest BCUT2D eigenvalue weighted by atomic mass is 19.1. The smallest absolute Gasteiger partial charge is 0.305 e. The Morgan fingerprint density at radius 3 is 2.52 bits per heavy atom. The molecule has 4 nitrogen and oxygen atoms in total. The Kier molecular flexibility index (Phi) is 4.60. The number of halogens is 1. The van der Waals surface area contributed by atoms with Crippen LogP contribution in [0.3, 0.4) is 0 Å². The van der Waals surface area contributed by atoms with Crippen molar-refractivity contribution in [1.82, 2.24) is 5.32 Å². The molecule has 1 aromatic carbocycles. The summed E-state index contributed by atoms with van der Waals surface area (Å²) in [5.74, 6) is -1.60. The highest BCUT2D eigenvalue weighted by Crippen LogP contribution is 2.31. The maximum Gasteiger partial charge on any atom is 0.305 e. The van der Waals surface area contributed by atoms with Gasteiger partial charge in [0.15, 0.2) is 0 Å². The summed E-state index contributed by atoms with van der Waals surface area (Å²) in [6, 6.07) is 4.17. The molecule has 0 atom stereocenters. The summed E-state index contributed by atoms with van der Waals surface area (Å²) >= 11 is 0. The number of aryl methyl sites for hydroxylation is 1. The van der Waals surface area contributed by atoms with Gasteiger partial charge in [-0.05, 0) is 43.5 Å². The molecule has 0 saturated heterocycles. The molecule has 1 saturated carbocycles. The lowest BCUT2D eigenvalue weighted by molar-refractivity contribution is -0.139. The van der Waals surface area contributed by atoms with Crippen LogP contribution in [0.5, 0.6) is 0 Å². The number of hydrogen-bond donors (Lipinski definition) is 2. The Morgan fingerprint density at radius 1 is 1.29 bits per heavy atom. The quantitative estimate of drug-likeness (QED) is 0.896. The molecule has 2 N–H and O–H groups in total. The van der Waals surface area contributed by atoms with E-state index in [1.54, 1.807) is 6.92 Å². The number of benzene rings is 1. The standard InChI is InChI=1S/C16H20FNO3/c1-11-9-12(5-6-13(11)17)15(21)18-16(10-14(19)20)7-3-2-4-8-16/h5-6,9H,2-4,7-8,10H2,1H3,(H,18,21)(H,19,20). The molecule has 0 aliphatic heterocycles. The second-order valence-corrected chi connectivity index (χ2v) is 5.83. The Morgan fingerprint density at radius 2 is 1.95 bits per heavy atom. The Balaban J connectivity index is 2.17. The molecule has 0 unspecified atom stereocenters. The predicted octanol–water partition coefficient (Wildman–Crippen LogP) is 3.04. The van der Waals surface area contributed by atoms with E-state index in [2.05, 4.69) is 5.32 Å². The molecule has 0 heterocycles. The molecule has 5 heteroatoms. The van der Waals surface area contributed by atoms with Gasteiger partial charge in [0, 0.05) is 5.56 Å². The zero-order chi connectivity index (χ0) is 15.5. The van der Waals surface area contributed by atoms with Crippen LogP contribution in [-0.2, 0) is 4.79 Å². The predicted molar refractivity (Wildman–Crippen MR) is 76.7 cm³/mol. The van der Waals surface area contributed by atoms with E-state index in [1.807, 2.05) is 0 Å². The third kappa shape index (κ3) is 3.80. The van der Waals surface area contributed by atoms with Gasteiger partial charge >= 0.3 is 5.97 Å². The highest BCUT2D eigenvalue weighted by molar-refractivity contribution is 5.95. The SMILES string of the molecule is Cc1cc(C(=O)NC2(CC(=O)O)CCCCC2)ccc1F. The van der Waals surface area contributed by atoms with Gasteiger partial charge in [-0.25, -0.2) is 4.39 Å². The molecular weight excluding hydrogens is 273 g/mol. The van der Waals surface area contributed by atoms with Crippen LogP contribution in [0.2, 0.25) is 0 Å². The first-order chi connectivity index (χ1) is 9.92. The van der Waals surface area contributed by atoms with Crippen LogP contribution in [0, 0.1) is 12.7 Å². The minimum Gasteiger partial charge on any atom is -0.481 e. The normalized spacial score (nSPS) is 17.2. The summed E-state index contributed by atoms with van der Waals surface area (Å²) in [6.45, 7) is 1.60. The lowest BCUT2D eigenvalue weighted by atomic mass is 9.79. The first-order valence-corrected chi connectivity index (χ1v) is 7.22. The summed E-state index contributed by atoms with van der Waals surface area (Å²) in [6.07, 6.45) is 4.16. The van der Waals surface area contributed by atoms with Crippen molar-refractivity contribution in [1.29, 1.82) is 0 Å².